The molecular weight excluding hydrogens is 247 g/mol. The largest absolute Gasteiger partial charge is 1.00 e. The quantitative estimate of drug-likeness (QED) is 0.365. The summed E-state index contributed by atoms with van der Waals surface area (Å²) in [5.41, 5.74) is 4.04. The molecule has 96 valence electrons. The van der Waals surface area contributed by atoms with E-state index in [1.807, 2.05) is 0 Å². The molecule has 0 saturated heterocycles. The van der Waals surface area contributed by atoms with Crippen molar-refractivity contribution in [3.63, 3.8) is 0 Å². The summed E-state index contributed by atoms with van der Waals surface area (Å²) in [6.07, 6.45) is 0. The first-order valence-corrected chi connectivity index (χ1v) is 6.98. The second-order valence-corrected chi connectivity index (χ2v) is 5.28. The molecule has 0 fully saturated rings. The van der Waals surface area contributed by atoms with E-state index < -0.39 is 0 Å². The zero-order chi connectivity index (χ0) is 13.5. The maximum absolute atomic E-state index is 2.23. The maximum atomic E-state index is 2.23. The van der Waals surface area contributed by atoms with Crippen molar-refractivity contribution >= 4 is 21.5 Å². The van der Waals surface area contributed by atoms with Crippen molar-refractivity contribution in [2.45, 2.75) is 6.92 Å². The van der Waals surface area contributed by atoms with Crippen LogP contribution < -0.4 is 18.9 Å². The van der Waals surface area contributed by atoms with Gasteiger partial charge in [0.2, 0.25) is 0 Å². The first kappa shape index (κ1) is 14.1. The monoisotopic (exact) mass is 262 g/mol. The molecule has 0 N–H and O–H groups in total. The average molecular weight is 262 g/mol. The van der Waals surface area contributed by atoms with Crippen LogP contribution in [0.1, 0.15) is 5.56 Å². The van der Waals surface area contributed by atoms with Crippen molar-refractivity contribution in [1.29, 1.82) is 0 Å². The Morgan fingerprint density at radius 2 is 1.10 bits per heavy atom. The molecule has 4 aromatic carbocycles. The predicted octanol–water partition coefficient (Wildman–Crippen LogP) is 2.69. The fourth-order valence-corrected chi connectivity index (χ4v) is 3.16. The predicted molar refractivity (Wildman–Crippen MR) is 87.2 cm³/mol. The summed E-state index contributed by atoms with van der Waals surface area (Å²) in [6.45, 7) is 2.19. The van der Waals surface area contributed by atoms with Crippen LogP contribution in [0.15, 0.2) is 72.8 Å². The number of aryl methyl sites for hydroxylation is 1. The van der Waals surface area contributed by atoms with Gasteiger partial charge < -0.3 is 0 Å². The molecule has 0 radical (unpaired) electrons. The third-order valence-electron chi connectivity index (χ3n) is 4.10. The van der Waals surface area contributed by atoms with E-state index in [1.54, 1.807) is 0 Å². The summed E-state index contributed by atoms with van der Waals surface area (Å²) in [5.74, 6) is 0. The van der Waals surface area contributed by atoms with E-state index in [-0.39, 0.29) is 18.9 Å². The van der Waals surface area contributed by atoms with Crippen LogP contribution in [-0.4, -0.2) is 0 Å². The molecule has 1 heteroatoms. The Balaban J connectivity index is 0.00000132. The van der Waals surface area contributed by atoms with Crippen molar-refractivity contribution < 1.29 is 18.9 Å². The normalized spacial score (nSPS) is 10.7. The van der Waals surface area contributed by atoms with Gasteiger partial charge in [0, 0.05) is 0 Å². The molecule has 0 aliphatic carbocycles. The Morgan fingerprint density at radius 3 is 1.67 bits per heavy atom. The Bertz CT molecular complexity index is 862. The molecule has 0 amide bonds. The van der Waals surface area contributed by atoms with E-state index in [0.29, 0.717) is 0 Å². The standard InChI is InChI=1S/C20H15.Li/c1-14-8-2-3-9-15(14)20-18-12-6-4-10-16(18)17-11-5-7-13-19(17)20;/h2-13H,1H3;/q-1;+1. The molecular formula is C20H15Li. The van der Waals surface area contributed by atoms with E-state index in [1.165, 1.54) is 38.2 Å². The van der Waals surface area contributed by atoms with Crippen LogP contribution in [-0.2, 0) is 0 Å². The van der Waals surface area contributed by atoms with Crippen molar-refractivity contribution in [2.24, 2.45) is 0 Å². The van der Waals surface area contributed by atoms with Gasteiger partial charge in [0.15, 0.2) is 0 Å². The second kappa shape index (κ2) is 5.49. The number of benzene rings is 3. The van der Waals surface area contributed by atoms with Gasteiger partial charge in [0.05, 0.1) is 0 Å². The van der Waals surface area contributed by atoms with Gasteiger partial charge in [-0.2, -0.15) is 0 Å². The van der Waals surface area contributed by atoms with Gasteiger partial charge in [-0.05, 0) is 0 Å². The van der Waals surface area contributed by atoms with Crippen LogP contribution in [0.4, 0.5) is 0 Å². The van der Waals surface area contributed by atoms with Gasteiger partial charge in [-0.25, -0.2) is 0 Å². The molecule has 4 rings (SSSR count). The van der Waals surface area contributed by atoms with Crippen LogP contribution >= 0.6 is 0 Å². The first-order valence-electron chi connectivity index (χ1n) is 6.98. The second-order valence-electron chi connectivity index (χ2n) is 5.28. The summed E-state index contributed by atoms with van der Waals surface area (Å²) in [4.78, 5) is 0. The summed E-state index contributed by atoms with van der Waals surface area (Å²) in [6, 6.07) is 26.0. The summed E-state index contributed by atoms with van der Waals surface area (Å²) in [7, 11) is 0. The van der Waals surface area contributed by atoms with E-state index in [0.717, 1.165) is 0 Å². The molecule has 4 aromatic rings. The molecule has 0 aliphatic heterocycles. The van der Waals surface area contributed by atoms with Gasteiger partial charge in [-0.15, -0.1) is 0 Å². The van der Waals surface area contributed by atoms with Gasteiger partial charge in [-0.3, -0.25) is 0 Å². The van der Waals surface area contributed by atoms with Gasteiger partial charge in [0.25, 0.3) is 0 Å². The topological polar surface area (TPSA) is 0 Å². The first-order chi connectivity index (χ1) is 9.86. The van der Waals surface area contributed by atoms with Crippen LogP contribution in [0.5, 0.6) is 0 Å². The molecule has 0 atom stereocenters. The number of hydrogen-bond donors (Lipinski definition) is 0. The Hall–Kier alpha value is -1.87. The van der Waals surface area contributed by atoms with Crippen molar-refractivity contribution in [3.05, 3.63) is 78.4 Å². The SMILES string of the molecule is Cc1ccccc1-[c-]1c2ccccc2c2ccccc21.[Li+]. The minimum atomic E-state index is 0. The third-order valence-corrected chi connectivity index (χ3v) is 4.10. The molecule has 0 bridgehead atoms. The van der Waals surface area contributed by atoms with Crippen LogP contribution in [0, 0.1) is 6.92 Å². The average Bonchev–Trinajstić information content (AvgIpc) is 2.83. The van der Waals surface area contributed by atoms with Crippen LogP contribution in [0.3, 0.4) is 0 Å². The molecule has 0 heterocycles. The van der Waals surface area contributed by atoms with E-state index in [4.69, 9.17) is 0 Å². The Labute approximate surface area is 137 Å². The van der Waals surface area contributed by atoms with Crippen molar-refractivity contribution in [3.8, 4) is 11.1 Å². The Morgan fingerprint density at radius 1 is 0.619 bits per heavy atom. The summed E-state index contributed by atoms with van der Waals surface area (Å²) >= 11 is 0. The van der Waals surface area contributed by atoms with Crippen LogP contribution in [0.25, 0.3) is 32.7 Å². The number of hydrogen-bond acceptors (Lipinski definition) is 0. The molecule has 0 aromatic heterocycles. The molecule has 21 heavy (non-hydrogen) atoms. The third kappa shape index (κ3) is 2.12. The van der Waals surface area contributed by atoms with Crippen molar-refractivity contribution in [2.75, 3.05) is 0 Å². The van der Waals surface area contributed by atoms with Crippen LogP contribution in [0.2, 0.25) is 0 Å². The Kier molecular flexibility index (Phi) is 3.68. The molecule has 0 unspecified atom stereocenters. The minimum absolute atomic E-state index is 0. The maximum Gasteiger partial charge on any atom is 1.00 e. The van der Waals surface area contributed by atoms with E-state index >= 15 is 0 Å². The summed E-state index contributed by atoms with van der Waals surface area (Å²) < 4.78 is 0. The van der Waals surface area contributed by atoms with Gasteiger partial charge >= 0.3 is 18.9 Å². The van der Waals surface area contributed by atoms with E-state index in [2.05, 4.69) is 79.7 Å². The number of fused-ring (bicyclic) bond motifs is 3. The fourth-order valence-electron chi connectivity index (χ4n) is 3.16. The summed E-state index contributed by atoms with van der Waals surface area (Å²) in [5, 5.41) is 5.40. The van der Waals surface area contributed by atoms with Gasteiger partial charge in [-0.1, -0.05) is 118 Å². The molecule has 0 spiro atoms. The molecule has 0 nitrogen and oxygen atoms in total. The smallest absolute Gasteiger partial charge is 0.0997 e. The van der Waals surface area contributed by atoms with Gasteiger partial charge in [0.1, 0.15) is 0 Å². The fraction of sp³-hybridized carbons (Fsp3) is 0.0500. The van der Waals surface area contributed by atoms with E-state index in [9.17, 15) is 0 Å². The number of rotatable bonds is 1. The zero-order valence-electron chi connectivity index (χ0n) is 12.4. The minimum Gasteiger partial charge on any atom is -0.0997 e. The molecule has 0 aliphatic rings. The molecule has 0 saturated carbocycles. The zero-order valence-corrected chi connectivity index (χ0v) is 12.4. The van der Waals surface area contributed by atoms with Crippen molar-refractivity contribution in [1.82, 2.24) is 0 Å².